The molecule has 4 aromatic rings. The molecule has 0 radical (unpaired) electrons. The fraction of sp³-hybridized carbons (Fsp3) is 0.318. The van der Waals surface area contributed by atoms with Crippen LogP contribution in [0.1, 0.15) is 31.0 Å². The summed E-state index contributed by atoms with van der Waals surface area (Å²) in [4.78, 5) is 14.3. The van der Waals surface area contributed by atoms with Gasteiger partial charge in [0.1, 0.15) is 16.6 Å². The van der Waals surface area contributed by atoms with Crippen molar-refractivity contribution in [2.24, 2.45) is 0 Å². The van der Waals surface area contributed by atoms with Gasteiger partial charge >= 0.3 is 0 Å². The Morgan fingerprint density at radius 1 is 1.23 bits per heavy atom. The monoisotopic (exact) mass is 440 g/mol. The van der Waals surface area contributed by atoms with Gasteiger partial charge in [-0.15, -0.1) is 21.5 Å². The number of aryl methyl sites for hydroxylation is 2. The lowest BCUT2D eigenvalue weighted by atomic mass is 10.2. The molecule has 1 aromatic carbocycles. The number of carbonyl (C=O) groups excluding carboxylic acids is 1. The molecule has 0 aliphatic heterocycles. The van der Waals surface area contributed by atoms with Crippen molar-refractivity contribution in [2.45, 2.75) is 43.9 Å². The second-order valence-corrected chi connectivity index (χ2v) is 9.43. The van der Waals surface area contributed by atoms with Crippen LogP contribution in [0.15, 0.2) is 41.4 Å². The van der Waals surface area contributed by atoms with E-state index in [4.69, 9.17) is 4.74 Å². The number of para-hydroxylation sites is 2. The molecule has 0 bridgehead atoms. The van der Waals surface area contributed by atoms with Crippen LogP contribution in [-0.2, 0) is 11.2 Å². The lowest BCUT2D eigenvalue weighted by Crippen LogP contribution is -2.25. The molecular weight excluding hydrogens is 416 g/mol. The van der Waals surface area contributed by atoms with Crippen LogP contribution >= 0.6 is 23.1 Å². The van der Waals surface area contributed by atoms with E-state index in [-0.39, 0.29) is 11.2 Å². The molecule has 0 aliphatic carbocycles. The van der Waals surface area contributed by atoms with Crippen molar-refractivity contribution >= 4 is 50.4 Å². The van der Waals surface area contributed by atoms with E-state index in [0.717, 1.165) is 28.3 Å². The number of methoxy groups -OCH3 is 1. The molecule has 1 atom stereocenters. The smallest absolute Gasteiger partial charge is 0.238 e. The molecule has 4 rings (SSSR count). The van der Waals surface area contributed by atoms with Gasteiger partial charge in [-0.05, 0) is 37.6 Å². The third kappa shape index (κ3) is 3.77. The molecule has 156 valence electrons. The zero-order chi connectivity index (χ0) is 21.3. The molecule has 0 spiro atoms. The van der Waals surface area contributed by atoms with Crippen molar-refractivity contribution < 1.29 is 9.53 Å². The van der Waals surface area contributed by atoms with Crippen LogP contribution in [0.25, 0.3) is 15.7 Å². The summed E-state index contributed by atoms with van der Waals surface area (Å²) in [7, 11) is 1.60. The van der Waals surface area contributed by atoms with E-state index in [2.05, 4.69) is 45.9 Å². The van der Waals surface area contributed by atoms with Gasteiger partial charge in [0.15, 0.2) is 0 Å². The summed E-state index contributed by atoms with van der Waals surface area (Å²) < 4.78 is 8.74. The van der Waals surface area contributed by atoms with Crippen molar-refractivity contribution in [3.05, 3.63) is 47.1 Å². The highest BCUT2D eigenvalue weighted by Crippen LogP contribution is 2.35. The predicted molar refractivity (Wildman–Crippen MR) is 124 cm³/mol. The number of amides is 1. The second-order valence-electron chi connectivity index (χ2n) is 6.95. The van der Waals surface area contributed by atoms with Crippen molar-refractivity contribution in [1.29, 1.82) is 0 Å². The Kier molecular flexibility index (Phi) is 5.97. The number of thioether (sulfide) groups is 1. The van der Waals surface area contributed by atoms with Crippen molar-refractivity contribution in [3.8, 4) is 5.75 Å². The van der Waals surface area contributed by atoms with Gasteiger partial charge in [0, 0.05) is 11.3 Å². The lowest BCUT2D eigenvalue weighted by molar-refractivity contribution is -0.115. The molecule has 6 nitrogen and oxygen atoms in total. The first kappa shape index (κ1) is 20.7. The first-order chi connectivity index (χ1) is 14.5. The number of fused-ring (bicyclic) bond motifs is 3. The minimum Gasteiger partial charge on any atom is -0.495 e. The molecule has 0 saturated heterocycles. The number of benzene rings is 1. The van der Waals surface area contributed by atoms with Crippen LogP contribution in [0.2, 0.25) is 0 Å². The van der Waals surface area contributed by atoms with Gasteiger partial charge < -0.3 is 10.1 Å². The first-order valence-corrected chi connectivity index (χ1v) is 11.6. The van der Waals surface area contributed by atoms with Gasteiger partial charge in [-0.25, -0.2) is 0 Å². The maximum Gasteiger partial charge on any atom is 0.238 e. The average Bonchev–Trinajstić information content (AvgIpc) is 3.28. The summed E-state index contributed by atoms with van der Waals surface area (Å²) >= 11 is 3.22. The van der Waals surface area contributed by atoms with E-state index in [9.17, 15) is 4.79 Å². The SMILES string of the molecule is CCc1nnc(S[C@@H](CC)C(=O)Nc2ccccc2OC)c2cc3sc(C)cc3n12. The van der Waals surface area contributed by atoms with E-state index in [1.54, 1.807) is 18.4 Å². The van der Waals surface area contributed by atoms with Gasteiger partial charge in [-0.2, -0.15) is 0 Å². The van der Waals surface area contributed by atoms with Crippen LogP contribution in [0.3, 0.4) is 0 Å². The Hall–Kier alpha value is -2.58. The van der Waals surface area contributed by atoms with Gasteiger partial charge in [-0.3, -0.25) is 9.20 Å². The fourth-order valence-corrected chi connectivity index (χ4v) is 5.38. The fourth-order valence-electron chi connectivity index (χ4n) is 3.48. The second kappa shape index (κ2) is 8.65. The summed E-state index contributed by atoms with van der Waals surface area (Å²) in [5.74, 6) is 1.49. The number of nitrogens with one attached hydrogen (secondary N) is 1. The number of nitrogens with zero attached hydrogens (tertiary/aromatic N) is 3. The van der Waals surface area contributed by atoms with Crippen LogP contribution in [-0.4, -0.2) is 32.9 Å². The Bertz CT molecular complexity index is 1210. The Morgan fingerprint density at radius 2 is 2.03 bits per heavy atom. The molecule has 30 heavy (non-hydrogen) atoms. The summed E-state index contributed by atoms with van der Waals surface area (Å²) in [5.41, 5.74) is 2.84. The van der Waals surface area contributed by atoms with Gasteiger partial charge in [0.2, 0.25) is 5.91 Å². The molecular formula is C22H24N4O2S2. The number of thiophene rings is 1. The van der Waals surface area contributed by atoms with Crippen LogP contribution < -0.4 is 10.1 Å². The molecule has 0 saturated carbocycles. The number of rotatable bonds is 7. The Labute approximate surface area is 183 Å². The van der Waals surface area contributed by atoms with E-state index in [1.165, 1.54) is 21.3 Å². The van der Waals surface area contributed by atoms with Crippen molar-refractivity contribution in [2.75, 3.05) is 12.4 Å². The van der Waals surface area contributed by atoms with Gasteiger partial charge in [0.05, 0.1) is 33.8 Å². The highest BCUT2D eigenvalue weighted by molar-refractivity contribution is 8.00. The normalized spacial score (nSPS) is 12.4. The summed E-state index contributed by atoms with van der Waals surface area (Å²) in [6.07, 6.45) is 1.46. The Balaban J connectivity index is 1.66. The highest BCUT2D eigenvalue weighted by atomic mass is 32.2. The third-order valence-electron chi connectivity index (χ3n) is 4.94. The molecule has 1 amide bonds. The summed E-state index contributed by atoms with van der Waals surface area (Å²) in [5, 5.41) is 12.4. The molecule has 3 aromatic heterocycles. The lowest BCUT2D eigenvalue weighted by Gasteiger charge is -2.16. The zero-order valence-electron chi connectivity index (χ0n) is 17.4. The minimum atomic E-state index is -0.296. The zero-order valence-corrected chi connectivity index (χ0v) is 19.1. The number of aromatic nitrogens is 3. The highest BCUT2D eigenvalue weighted by Gasteiger charge is 2.23. The average molecular weight is 441 g/mol. The van der Waals surface area contributed by atoms with Gasteiger partial charge in [-0.1, -0.05) is 37.7 Å². The summed E-state index contributed by atoms with van der Waals surface area (Å²) in [6.45, 7) is 6.20. The quantitative estimate of drug-likeness (QED) is 0.393. The number of anilines is 1. The number of ether oxygens (including phenoxy) is 1. The maximum absolute atomic E-state index is 13.0. The topological polar surface area (TPSA) is 68.5 Å². The largest absolute Gasteiger partial charge is 0.495 e. The van der Waals surface area contributed by atoms with Crippen LogP contribution in [0.5, 0.6) is 5.75 Å². The van der Waals surface area contributed by atoms with Gasteiger partial charge in [0.25, 0.3) is 0 Å². The van der Waals surface area contributed by atoms with E-state index >= 15 is 0 Å². The first-order valence-electron chi connectivity index (χ1n) is 9.93. The number of hydrogen-bond donors (Lipinski definition) is 1. The van der Waals surface area contributed by atoms with Crippen LogP contribution in [0.4, 0.5) is 5.69 Å². The summed E-state index contributed by atoms with van der Waals surface area (Å²) in [6, 6.07) is 11.8. The van der Waals surface area contributed by atoms with Crippen molar-refractivity contribution in [1.82, 2.24) is 14.6 Å². The van der Waals surface area contributed by atoms with Crippen LogP contribution in [0, 0.1) is 6.92 Å². The molecule has 1 N–H and O–H groups in total. The maximum atomic E-state index is 13.0. The third-order valence-corrected chi connectivity index (χ3v) is 7.28. The molecule has 0 aliphatic rings. The van der Waals surface area contributed by atoms with E-state index < -0.39 is 0 Å². The standard InChI is InChI=1S/C22H24N4O2S2/c1-5-18(21(27)23-14-9-7-8-10-17(14)28-4)30-22-16-12-19-15(11-13(3)29-19)26(16)20(6-2)24-25-22/h7-12,18H,5-6H2,1-4H3,(H,23,27)/t18-/m0/s1. The number of carbonyl (C=O) groups is 1. The molecule has 8 heteroatoms. The van der Waals surface area contributed by atoms with Crippen molar-refractivity contribution in [3.63, 3.8) is 0 Å². The molecule has 3 heterocycles. The predicted octanol–water partition coefficient (Wildman–Crippen LogP) is 5.33. The number of hydrogen-bond acceptors (Lipinski definition) is 6. The molecule has 0 unspecified atom stereocenters. The Morgan fingerprint density at radius 3 is 2.77 bits per heavy atom. The minimum absolute atomic E-state index is 0.0734. The molecule has 0 fully saturated rings. The van der Waals surface area contributed by atoms with E-state index in [0.29, 0.717) is 17.9 Å². The van der Waals surface area contributed by atoms with E-state index in [1.807, 2.05) is 31.2 Å².